The molecule has 102 valence electrons. The highest BCUT2D eigenvalue weighted by Gasteiger charge is 1.96. The molecule has 3 rings (SSSR count). The van der Waals surface area contributed by atoms with Crippen molar-refractivity contribution in [2.45, 2.75) is 20.3 Å². The van der Waals surface area contributed by atoms with E-state index in [1.165, 1.54) is 21.5 Å². The molecular formula is C19H21N. The second-order valence-corrected chi connectivity index (χ2v) is 4.55. The summed E-state index contributed by atoms with van der Waals surface area (Å²) in [5.41, 5.74) is 1.22. The maximum atomic E-state index is 3.43. The number of aromatic amines is 1. The first kappa shape index (κ1) is 14.1. The Morgan fingerprint density at radius 3 is 2.05 bits per heavy atom. The number of fused-ring (bicyclic) bond motifs is 1. The van der Waals surface area contributed by atoms with Gasteiger partial charge < -0.3 is 4.98 Å². The molecular weight excluding hydrogens is 242 g/mol. The van der Waals surface area contributed by atoms with Gasteiger partial charge in [-0.05, 0) is 19.4 Å². The number of benzene rings is 2. The van der Waals surface area contributed by atoms with E-state index in [1.54, 1.807) is 0 Å². The van der Waals surface area contributed by atoms with Crippen LogP contribution in [-0.4, -0.2) is 4.98 Å². The molecule has 1 heterocycles. The van der Waals surface area contributed by atoms with Crippen LogP contribution in [0.25, 0.3) is 23.1 Å². The standard InChI is InChI=1S/C13H15N.C6H6/c1-3-7-12-10(4-2)11-8-5-6-9-13(11)14-12;1-2-4-6-5-3-1/h4-9,14H,3H2,1-2H3;1-6H/b10-4-,12-7+;. The molecule has 1 heteroatoms. The fourth-order valence-corrected chi connectivity index (χ4v) is 2.25. The molecule has 20 heavy (non-hydrogen) atoms. The first-order valence-corrected chi connectivity index (χ1v) is 7.10. The summed E-state index contributed by atoms with van der Waals surface area (Å²) in [4.78, 5) is 3.43. The van der Waals surface area contributed by atoms with Crippen molar-refractivity contribution in [1.82, 2.24) is 4.98 Å². The lowest BCUT2D eigenvalue weighted by Crippen LogP contribution is -2.21. The number of H-pyrrole nitrogens is 1. The number of para-hydroxylation sites is 1. The number of aromatic nitrogens is 1. The van der Waals surface area contributed by atoms with Gasteiger partial charge in [0.2, 0.25) is 0 Å². The topological polar surface area (TPSA) is 15.8 Å². The molecule has 0 unspecified atom stereocenters. The van der Waals surface area contributed by atoms with Crippen LogP contribution in [0, 0.1) is 0 Å². The predicted octanol–water partition coefficient (Wildman–Crippen LogP) is 3.85. The van der Waals surface area contributed by atoms with E-state index in [0.717, 1.165) is 6.42 Å². The molecule has 3 aromatic rings. The molecule has 2 aromatic carbocycles. The number of hydrogen-bond acceptors (Lipinski definition) is 0. The third kappa shape index (κ3) is 3.39. The van der Waals surface area contributed by atoms with Crippen molar-refractivity contribution < 1.29 is 0 Å². The Morgan fingerprint density at radius 1 is 0.900 bits per heavy atom. The highest BCUT2D eigenvalue weighted by molar-refractivity contribution is 5.80. The van der Waals surface area contributed by atoms with Crippen molar-refractivity contribution in [3.05, 3.63) is 71.2 Å². The summed E-state index contributed by atoms with van der Waals surface area (Å²) in [5.74, 6) is 0. The summed E-state index contributed by atoms with van der Waals surface area (Å²) in [6.07, 6.45) is 5.46. The van der Waals surface area contributed by atoms with Gasteiger partial charge in [0.05, 0.1) is 0 Å². The van der Waals surface area contributed by atoms with Crippen LogP contribution in [0.5, 0.6) is 0 Å². The third-order valence-electron chi connectivity index (χ3n) is 3.14. The lowest BCUT2D eigenvalue weighted by atomic mass is 10.2. The minimum atomic E-state index is 1.06. The zero-order chi connectivity index (χ0) is 14.2. The molecule has 0 aliphatic carbocycles. The van der Waals surface area contributed by atoms with Crippen molar-refractivity contribution >= 4 is 23.1 Å². The van der Waals surface area contributed by atoms with Gasteiger partial charge in [-0.15, -0.1) is 0 Å². The lowest BCUT2D eigenvalue weighted by molar-refractivity contribution is 1.24. The number of rotatable bonds is 1. The Hall–Kier alpha value is -2.28. The maximum Gasteiger partial charge on any atom is 0.0464 e. The molecule has 1 nitrogen and oxygen atoms in total. The second kappa shape index (κ2) is 7.34. The maximum absolute atomic E-state index is 3.43. The molecule has 0 spiro atoms. The van der Waals surface area contributed by atoms with Crippen LogP contribution in [0.2, 0.25) is 0 Å². The molecule has 1 N–H and O–H groups in total. The van der Waals surface area contributed by atoms with Crippen LogP contribution in [0.4, 0.5) is 0 Å². The number of nitrogens with one attached hydrogen (secondary N) is 1. The molecule has 0 amide bonds. The molecule has 0 bridgehead atoms. The summed E-state index contributed by atoms with van der Waals surface area (Å²) in [6, 6.07) is 20.4. The minimum Gasteiger partial charge on any atom is -0.355 e. The summed E-state index contributed by atoms with van der Waals surface area (Å²) in [6.45, 7) is 4.24. The van der Waals surface area contributed by atoms with Crippen molar-refractivity contribution in [3.8, 4) is 0 Å². The fourth-order valence-electron chi connectivity index (χ4n) is 2.25. The van der Waals surface area contributed by atoms with E-state index in [2.05, 4.69) is 55.2 Å². The first-order chi connectivity index (χ1) is 9.86. The fraction of sp³-hybridized carbons (Fsp3) is 0.158. The quantitative estimate of drug-likeness (QED) is 0.686. The SMILES string of the molecule is C/C=c1\c(=C/CC)[nH]c2ccccc12.c1ccccc1. The van der Waals surface area contributed by atoms with Crippen molar-refractivity contribution in [2.75, 3.05) is 0 Å². The predicted molar refractivity (Wildman–Crippen MR) is 88.9 cm³/mol. The van der Waals surface area contributed by atoms with E-state index in [-0.39, 0.29) is 0 Å². The van der Waals surface area contributed by atoms with Crippen LogP contribution in [0.15, 0.2) is 60.7 Å². The Kier molecular flexibility index (Phi) is 5.19. The lowest BCUT2D eigenvalue weighted by Gasteiger charge is -1.85. The molecule has 1 aromatic heterocycles. The van der Waals surface area contributed by atoms with Gasteiger partial charge in [0.1, 0.15) is 0 Å². The summed E-state index contributed by atoms with van der Waals surface area (Å²) in [5, 5.41) is 3.88. The largest absolute Gasteiger partial charge is 0.355 e. The normalized spacial score (nSPS) is 12.3. The highest BCUT2D eigenvalue weighted by Crippen LogP contribution is 2.03. The summed E-state index contributed by atoms with van der Waals surface area (Å²) >= 11 is 0. The van der Waals surface area contributed by atoms with E-state index >= 15 is 0 Å². The van der Waals surface area contributed by atoms with Crippen molar-refractivity contribution in [3.63, 3.8) is 0 Å². The average molecular weight is 263 g/mol. The zero-order valence-electron chi connectivity index (χ0n) is 12.1. The Labute approximate surface area is 120 Å². The molecule has 0 aliphatic heterocycles. The molecule has 0 saturated heterocycles. The van der Waals surface area contributed by atoms with Crippen molar-refractivity contribution in [1.29, 1.82) is 0 Å². The Bertz CT molecular complexity index is 725. The minimum absolute atomic E-state index is 1.06. The molecule has 0 saturated carbocycles. The van der Waals surface area contributed by atoms with Gasteiger partial charge >= 0.3 is 0 Å². The molecule has 0 atom stereocenters. The van der Waals surface area contributed by atoms with Crippen LogP contribution in [0.3, 0.4) is 0 Å². The van der Waals surface area contributed by atoms with Crippen LogP contribution in [-0.2, 0) is 0 Å². The first-order valence-electron chi connectivity index (χ1n) is 7.10. The molecule has 0 fully saturated rings. The Balaban J connectivity index is 0.000000205. The third-order valence-corrected chi connectivity index (χ3v) is 3.14. The van der Waals surface area contributed by atoms with E-state index in [9.17, 15) is 0 Å². The summed E-state index contributed by atoms with van der Waals surface area (Å²) in [7, 11) is 0. The van der Waals surface area contributed by atoms with Crippen molar-refractivity contribution in [2.24, 2.45) is 0 Å². The number of hydrogen-bond donors (Lipinski definition) is 1. The zero-order valence-corrected chi connectivity index (χ0v) is 12.1. The van der Waals surface area contributed by atoms with E-state index in [4.69, 9.17) is 0 Å². The van der Waals surface area contributed by atoms with Gasteiger partial charge in [0.25, 0.3) is 0 Å². The molecule has 0 aliphatic rings. The highest BCUT2D eigenvalue weighted by atomic mass is 14.7. The van der Waals surface area contributed by atoms with Crippen LogP contribution < -0.4 is 10.6 Å². The van der Waals surface area contributed by atoms with Crippen LogP contribution >= 0.6 is 0 Å². The monoisotopic (exact) mass is 263 g/mol. The van der Waals surface area contributed by atoms with E-state index in [0.29, 0.717) is 0 Å². The van der Waals surface area contributed by atoms with Gasteiger partial charge in [-0.1, -0.05) is 73.7 Å². The van der Waals surface area contributed by atoms with Crippen LogP contribution in [0.1, 0.15) is 20.3 Å². The average Bonchev–Trinajstić information content (AvgIpc) is 2.87. The van der Waals surface area contributed by atoms with Gasteiger partial charge in [-0.3, -0.25) is 0 Å². The summed E-state index contributed by atoms with van der Waals surface area (Å²) < 4.78 is 0. The van der Waals surface area contributed by atoms with E-state index in [1.807, 2.05) is 36.4 Å². The smallest absolute Gasteiger partial charge is 0.0464 e. The van der Waals surface area contributed by atoms with Gasteiger partial charge in [-0.25, -0.2) is 0 Å². The van der Waals surface area contributed by atoms with E-state index < -0.39 is 0 Å². The second-order valence-electron chi connectivity index (χ2n) is 4.55. The Morgan fingerprint density at radius 2 is 1.50 bits per heavy atom. The van der Waals surface area contributed by atoms with Gasteiger partial charge in [0, 0.05) is 21.5 Å². The van der Waals surface area contributed by atoms with Gasteiger partial charge in [0.15, 0.2) is 0 Å². The molecule has 0 radical (unpaired) electrons. The van der Waals surface area contributed by atoms with Gasteiger partial charge in [-0.2, -0.15) is 0 Å².